The predicted molar refractivity (Wildman–Crippen MR) is 130 cm³/mol. The number of rotatable bonds is 8. The van der Waals surface area contributed by atoms with Crippen LogP contribution in [-0.4, -0.2) is 28.4 Å². The average molecular weight is 467 g/mol. The number of ether oxygens (including phenoxy) is 1. The minimum atomic E-state index is -0.218. The Morgan fingerprint density at radius 3 is 2.64 bits per heavy atom. The molecular weight excluding hydrogens is 439 g/mol. The maximum absolute atomic E-state index is 14.5. The number of halogens is 2. The molecule has 33 heavy (non-hydrogen) atoms. The molecule has 7 heteroatoms. The summed E-state index contributed by atoms with van der Waals surface area (Å²) in [5.41, 5.74) is 3.16. The van der Waals surface area contributed by atoms with Crippen LogP contribution in [0.4, 0.5) is 10.3 Å². The quantitative estimate of drug-likeness (QED) is 0.383. The summed E-state index contributed by atoms with van der Waals surface area (Å²) in [5.74, 6) is 5.01. The van der Waals surface area contributed by atoms with Gasteiger partial charge in [-0.15, -0.1) is 11.5 Å². The van der Waals surface area contributed by atoms with Gasteiger partial charge in [0.1, 0.15) is 17.4 Å². The van der Waals surface area contributed by atoms with Gasteiger partial charge in [0.15, 0.2) is 0 Å². The molecule has 1 heterocycles. The largest absolute Gasteiger partial charge is 0.496 e. The molecule has 0 bridgehead atoms. The van der Waals surface area contributed by atoms with Gasteiger partial charge < -0.3 is 9.64 Å². The fourth-order valence-electron chi connectivity index (χ4n) is 4.10. The fourth-order valence-corrected chi connectivity index (χ4v) is 4.34. The lowest BCUT2D eigenvalue weighted by atomic mass is 9.98. The van der Waals surface area contributed by atoms with Gasteiger partial charge in [0, 0.05) is 6.07 Å². The summed E-state index contributed by atoms with van der Waals surface area (Å²) in [5, 5.41) is 5.30. The smallest absolute Gasteiger partial charge is 0.246 e. The van der Waals surface area contributed by atoms with Crippen LogP contribution in [0, 0.1) is 44.9 Å². The molecule has 2 aromatic carbocycles. The third-order valence-electron chi connectivity index (χ3n) is 6.18. The molecule has 0 saturated heterocycles. The van der Waals surface area contributed by atoms with Gasteiger partial charge in [-0.2, -0.15) is 4.98 Å². The highest BCUT2D eigenvalue weighted by atomic mass is 35.5. The van der Waals surface area contributed by atoms with E-state index in [1.165, 1.54) is 12.8 Å². The van der Waals surface area contributed by atoms with Crippen molar-refractivity contribution >= 4 is 17.5 Å². The molecule has 3 aromatic rings. The molecule has 0 spiro atoms. The van der Waals surface area contributed by atoms with Crippen LogP contribution in [0.5, 0.6) is 5.75 Å². The van der Waals surface area contributed by atoms with E-state index in [0.29, 0.717) is 46.3 Å². The van der Waals surface area contributed by atoms with Crippen LogP contribution in [-0.2, 0) is 0 Å². The second kappa shape index (κ2) is 9.44. The van der Waals surface area contributed by atoms with Crippen LogP contribution < -0.4 is 9.64 Å². The summed E-state index contributed by atoms with van der Waals surface area (Å²) in [7, 11) is 1.61. The Balaban J connectivity index is 1.76. The summed E-state index contributed by atoms with van der Waals surface area (Å²) in [4.78, 5) is 6.73. The number of methoxy groups -OCH3 is 1. The third kappa shape index (κ3) is 4.84. The van der Waals surface area contributed by atoms with Crippen LogP contribution in [0.3, 0.4) is 0 Å². The maximum atomic E-state index is 14.5. The van der Waals surface area contributed by atoms with E-state index >= 15 is 0 Å². The molecule has 1 aliphatic carbocycles. The number of anilines is 1. The highest BCUT2D eigenvalue weighted by Crippen LogP contribution is 2.41. The van der Waals surface area contributed by atoms with Crippen molar-refractivity contribution in [2.45, 2.75) is 46.1 Å². The molecule has 5 nitrogen and oxygen atoms in total. The van der Waals surface area contributed by atoms with Crippen LogP contribution in [0.15, 0.2) is 30.3 Å². The van der Waals surface area contributed by atoms with Crippen LogP contribution >= 0.6 is 11.6 Å². The zero-order chi connectivity index (χ0) is 23.7. The number of benzene rings is 2. The van der Waals surface area contributed by atoms with Gasteiger partial charge in [-0.1, -0.05) is 42.5 Å². The molecule has 172 valence electrons. The van der Waals surface area contributed by atoms with E-state index in [9.17, 15) is 4.39 Å². The summed E-state index contributed by atoms with van der Waals surface area (Å²) < 4.78 is 21.6. The Morgan fingerprint density at radius 2 is 2.00 bits per heavy atom. The van der Waals surface area contributed by atoms with E-state index in [4.69, 9.17) is 32.8 Å². The highest BCUT2D eigenvalue weighted by molar-refractivity contribution is 6.32. The molecule has 0 aliphatic heterocycles. The molecule has 1 aliphatic rings. The average Bonchev–Trinajstić information content (AvgIpc) is 3.53. The van der Waals surface area contributed by atoms with E-state index in [1.54, 1.807) is 30.8 Å². The number of nitrogens with zero attached hydrogens (tertiary/aromatic N) is 4. The summed E-state index contributed by atoms with van der Waals surface area (Å²) >= 11 is 6.55. The Labute approximate surface area is 199 Å². The van der Waals surface area contributed by atoms with E-state index in [2.05, 4.69) is 5.92 Å². The van der Waals surface area contributed by atoms with Crippen molar-refractivity contribution in [1.82, 2.24) is 14.8 Å². The number of terminal acetylenes is 1. The van der Waals surface area contributed by atoms with E-state index in [0.717, 1.165) is 17.5 Å². The SMILES string of the molecule is C#CCN(c1nc(C)n(-c2cc(C)c(OC)cc2Cl)n1)[C@@H](CC1CC1)c1ccc(C)c(F)c1. The molecule has 0 radical (unpaired) electrons. The Kier molecular flexibility index (Phi) is 6.62. The first-order valence-electron chi connectivity index (χ1n) is 11.1. The zero-order valence-corrected chi connectivity index (χ0v) is 20.2. The Morgan fingerprint density at radius 1 is 1.24 bits per heavy atom. The number of aryl methyl sites for hydroxylation is 3. The monoisotopic (exact) mass is 466 g/mol. The normalized spacial score (nSPS) is 14.1. The minimum Gasteiger partial charge on any atom is -0.496 e. The number of aromatic nitrogens is 3. The van der Waals surface area contributed by atoms with Crippen molar-refractivity contribution in [2.75, 3.05) is 18.6 Å². The Bertz CT molecular complexity index is 1210. The van der Waals surface area contributed by atoms with Crippen LogP contribution in [0.1, 0.15) is 47.8 Å². The van der Waals surface area contributed by atoms with Crippen molar-refractivity contribution in [3.8, 4) is 23.8 Å². The predicted octanol–water partition coefficient (Wildman–Crippen LogP) is 5.97. The van der Waals surface area contributed by atoms with Crippen molar-refractivity contribution < 1.29 is 9.13 Å². The standard InChI is InChI=1S/C26H28ClFN4O/c1-6-11-31(23(13-19-8-9-19)20-10-7-16(2)22(28)14-20)26-29-18(4)32(30-26)24-12-17(3)25(33-5)15-21(24)27/h1,7,10,12,14-15,19,23H,8-9,11,13H2,2-5H3/t23-/m0/s1. The number of hydrogen-bond donors (Lipinski definition) is 0. The van der Waals surface area contributed by atoms with Crippen LogP contribution in [0.2, 0.25) is 5.02 Å². The van der Waals surface area contributed by atoms with Crippen molar-refractivity contribution in [3.05, 3.63) is 63.7 Å². The molecule has 1 atom stereocenters. The summed E-state index contributed by atoms with van der Waals surface area (Å²) in [6.07, 6.45) is 8.98. The lowest BCUT2D eigenvalue weighted by Gasteiger charge is -2.30. The highest BCUT2D eigenvalue weighted by Gasteiger charge is 2.32. The molecule has 1 fully saturated rings. The van der Waals surface area contributed by atoms with E-state index in [1.807, 2.05) is 36.9 Å². The van der Waals surface area contributed by atoms with Crippen LogP contribution in [0.25, 0.3) is 5.69 Å². The first kappa shape index (κ1) is 23.1. The molecule has 0 amide bonds. The van der Waals surface area contributed by atoms with Crippen molar-refractivity contribution in [1.29, 1.82) is 0 Å². The lowest BCUT2D eigenvalue weighted by molar-refractivity contribution is 0.411. The van der Waals surface area contributed by atoms with Gasteiger partial charge in [0.2, 0.25) is 5.95 Å². The first-order valence-corrected chi connectivity index (χ1v) is 11.4. The van der Waals surface area contributed by atoms with E-state index in [-0.39, 0.29) is 11.9 Å². The second-order valence-corrected chi connectivity index (χ2v) is 9.09. The van der Waals surface area contributed by atoms with Gasteiger partial charge >= 0.3 is 0 Å². The molecule has 0 unspecified atom stereocenters. The second-order valence-electron chi connectivity index (χ2n) is 8.68. The third-order valence-corrected chi connectivity index (χ3v) is 6.48. The first-order chi connectivity index (χ1) is 15.8. The van der Waals surface area contributed by atoms with Gasteiger partial charge in [0.25, 0.3) is 0 Å². The van der Waals surface area contributed by atoms with Crippen molar-refractivity contribution in [3.63, 3.8) is 0 Å². The topological polar surface area (TPSA) is 43.2 Å². The summed E-state index contributed by atoms with van der Waals surface area (Å²) in [6, 6.07) is 8.98. The summed E-state index contributed by atoms with van der Waals surface area (Å²) in [6.45, 7) is 5.91. The molecule has 4 rings (SSSR count). The van der Waals surface area contributed by atoms with Gasteiger partial charge in [0.05, 0.1) is 30.4 Å². The molecule has 1 saturated carbocycles. The van der Waals surface area contributed by atoms with E-state index < -0.39 is 0 Å². The van der Waals surface area contributed by atoms with Gasteiger partial charge in [-0.25, -0.2) is 9.07 Å². The molecule has 0 N–H and O–H groups in total. The number of hydrogen-bond acceptors (Lipinski definition) is 4. The van der Waals surface area contributed by atoms with Gasteiger partial charge in [-0.3, -0.25) is 0 Å². The Hall–Kier alpha value is -3.04. The van der Waals surface area contributed by atoms with Gasteiger partial charge in [-0.05, 0) is 61.9 Å². The van der Waals surface area contributed by atoms with Crippen molar-refractivity contribution in [2.24, 2.45) is 5.92 Å². The minimum absolute atomic E-state index is 0.119. The lowest BCUT2D eigenvalue weighted by Crippen LogP contribution is -2.31. The zero-order valence-electron chi connectivity index (χ0n) is 19.4. The molecule has 1 aromatic heterocycles. The fraction of sp³-hybridized carbons (Fsp3) is 0.385. The molecular formula is C26H28ClFN4O. The maximum Gasteiger partial charge on any atom is 0.246 e.